The quantitative estimate of drug-likeness (QED) is 0.379. The summed E-state index contributed by atoms with van der Waals surface area (Å²) >= 11 is 9.01. The van der Waals surface area contributed by atoms with Crippen LogP contribution in [0, 0.1) is 5.82 Å². The summed E-state index contributed by atoms with van der Waals surface area (Å²) in [6.07, 6.45) is 0. The van der Waals surface area contributed by atoms with Crippen LogP contribution in [0.15, 0.2) is 86.9 Å². The maximum Gasteiger partial charge on any atom is 0.238 e. The molecule has 0 unspecified atom stereocenters. The molecule has 0 aliphatic rings. The predicted molar refractivity (Wildman–Crippen MR) is 120 cm³/mol. The number of hydrogen-bond acceptors (Lipinski definition) is 5. The van der Waals surface area contributed by atoms with Crippen LogP contribution < -0.4 is 5.14 Å². The van der Waals surface area contributed by atoms with Gasteiger partial charge in [-0.1, -0.05) is 41.6 Å². The molecule has 4 rings (SSSR count). The minimum absolute atomic E-state index is 0.0348. The molecule has 0 saturated heterocycles. The number of nitrogens with two attached hydrogens (primary N) is 1. The molecular formula is C21H14ClFN2O2S3. The molecule has 0 saturated carbocycles. The highest BCUT2D eigenvalue weighted by Crippen LogP contribution is 2.42. The molecule has 0 spiro atoms. The van der Waals surface area contributed by atoms with Crippen LogP contribution in [0.5, 0.6) is 0 Å². The van der Waals surface area contributed by atoms with E-state index in [1.54, 1.807) is 30.3 Å². The SMILES string of the molecule is NS(=O)(=O)c1ccc(-c2sc(Sc3cccc(Cl)c3)nc2-c2ccc(F)cc2)cc1. The molecule has 1 aromatic heterocycles. The molecule has 1 heterocycles. The van der Waals surface area contributed by atoms with Crippen LogP contribution >= 0.6 is 34.7 Å². The lowest BCUT2D eigenvalue weighted by atomic mass is 10.1. The van der Waals surface area contributed by atoms with Crippen LogP contribution in [-0.2, 0) is 10.0 Å². The van der Waals surface area contributed by atoms with E-state index >= 15 is 0 Å². The van der Waals surface area contributed by atoms with E-state index in [-0.39, 0.29) is 10.7 Å². The minimum atomic E-state index is -3.78. The summed E-state index contributed by atoms with van der Waals surface area (Å²) in [4.78, 5) is 6.57. The average Bonchev–Trinajstić information content (AvgIpc) is 3.12. The molecule has 2 N–H and O–H groups in total. The normalized spacial score (nSPS) is 11.6. The zero-order chi connectivity index (χ0) is 21.3. The van der Waals surface area contributed by atoms with Gasteiger partial charge >= 0.3 is 0 Å². The summed E-state index contributed by atoms with van der Waals surface area (Å²) in [7, 11) is -3.78. The number of halogens is 2. The van der Waals surface area contributed by atoms with Gasteiger partial charge in [-0.2, -0.15) is 0 Å². The fraction of sp³-hybridized carbons (Fsp3) is 0. The first-order valence-electron chi connectivity index (χ1n) is 8.63. The third-order valence-electron chi connectivity index (χ3n) is 4.17. The number of benzene rings is 3. The second kappa shape index (κ2) is 8.49. The molecule has 3 aromatic carbocycles. The predicted octanol–water partition coefficient (Wildman–Crippen LogP) is 6.07. The van der Waals surface area contributed by atoms with Crippen molar-refractivity contribution in [2.24, 2.45) is 5.14 Å². The van der Waals surface area contributed by atoms with E-state index < -0.39 is 10.0 Å². The summed E-state index contributed by atoms with van der Waals surface area (Å²) in [5, 5.41) is 5.83. The number of rotatable bonds is 5. The number of thiazole rings is 1. The van der Waals surface area contributed by atoms with Crippen LogP contribution in [0.1, 0.15) is 0 Å². The Morgan fingerprint density at radius 3 is 2.27 bits per heavy atom. The van der Waals surface area contributed by atoms with Gasteiger partial charge in [0.1, 0.15) is 5.82 Å². The first-order valence-corrected chi connectivity index (χ1v) is 12.2. The number of nitrogens with zero attached hydrogens (tertiary/aromatic N) is 1. The molecule has 0 fully saturated rings. The molecular weight excluding hydrogens is 463 g/mol. The van der Waals surface area contributed by atoms with Gasteiger partial charge < -0.3 is 0 Å². The summed E-state index contributed by atoms with van der Waals surface area (Å²) in [6.45, 7) is 0. The van der Waals surface area contributed by atoms with Gasteiger partial charge in [-0.05, 0) is 60.2 Å². The van der Waals surface area contributed by atoms with Crippen molar-refractivity contribution in [1.82, 2.24) is 4.98 Å². The molecule has 0 amide bonds. The van der Waals surface area contributed by atoms with E-state index in [2.05, 4.69) is 0 Å². The second-order valence-electron chi connectivity index (χ2n) is 6.29. The molecule has 30 heavy (non-hydrogen) atoms. The van der Waals surface area contributed by atoms with Crippen molar-refractivity contribution < 1.29 is 12.8 Å². The van der Waals surface area contributed by atoms with E-state index in [0.717, 1.165) is 25.2 Å². The van der Waals surface area contributed by atoms with E-state index in [0.29, 0.717) is 10.7 Å². The van der Waals surface area contributed by atoms with E-state index in [1.165, 1.54) is 47.4 Å². The Bertz CT molecular complexity index is 1310. The van der Waals surface area contributed by atoms with Crippen molar-refractivity contribution in [3.8, 4) is 21.7 Å². The van der Waals surface area contributed by atoms with Crippen LogP contribution in [0.3, 0.4) is 0 Å². The van der Waals surface area contributed by atoms with Crippen molar-refractivity contribution in [2.75, 3.05) is 0 Å². The van der Waals surface area contributed by atoms with Gasteiger partial charge in [0.2, 0.25) is 10.0 Å². The highest BCUT2D eigenvalue weighted by molar-refractivity contribution is 8.01. The van der Waals surface area contributed by atoms with E-state index in [1.807, 2.05) is 18.2 Å². The molecule has 0 aliphatic heterocycles. The molecule has 152 valence electrons. The van der Waals surface area contributed by atoms with E-state index in [4.69, 9.17) is 21.7 Å². The number of primary sulfonamides is 1. The van der Waals surface area contributed by atoms with Gasteiger partial charge in [-0.3, -0.25) is 0 Å². The Morgan fingerprint density at radius 2 is 1.63 bits per heavy atom. The number of aromatic nitrogens is 1. The lowest BCUT2D eigenvalue weighted by molar-refractivity contribution is 0.598. The summed E-state index contributed by atoms with van der Waals surface area (Å²) in [5.74, 6) is -0.332. The Kier molecular flexibility index (Phi) is 5.95. The molecule has 4 aromatic rings. The van der Waals surface area contributed by atoms with Gasteiger partial charge in [0.25, 0.3) is 0 Å². The van der Waals surface area contributed by atoms with Gasteiger partial charge in [0.15, 0.2) is 4.34 Å². The van der Waals surface area contributed by atoms with Crippen molar-refractivity contribution in [3.05, 3.63) is 83.6 Å². The van der Waals surface area contributed by atoms with Crippen LogP contribution in [0.2, 0.25) is 5.02 Å². The fourth-order valence-electron chi connectivity index (χ4n) is 2.77. The fourth-order valence-corrected chi connectivity index (χ4v) is 5.74. The third kappa shape index (κ3) is 4.74. The minimum Gasteiger partial charge on any atom is -0.229 e. The lowest BCUT2D eigenvalue weighted by Gasteiger charge is -2.04. The molecule has 0 atom stereocenters. The Hall–Kier alpha value is -2.23. The van der Waals surface area contributed by atoms with Gasteiger partial charge in [0, 0.05) is 15.5 Å². The first-order chi connectivity index (χ1) is 14.3. The zero-order valence-electron chi connectivity index (χ0n) is 15.2. The molecule has 0 radical (unpaired) electrons. The van der Waals surface area contributed by atoms with Crippen LogP contribution in [-0.4, -0.2) is 13.4 Å². The number of sulfonamides is 1. The highest BCUT2D eigenvalue weighted by atomic mass is 35.5. The smallest absolute Gasteiger partial charge is 0.229 e. The monoisotopic (exact) mass is 476 g/mol. The first kappa shape index (κ1) is 21.0. The molecule has 0 aliphatic carbocycles. The van der Waals surface area contributed by atoms with Crippen molar-refractivity contribution in [3.63, 3.8) is 0 Å². The summed E-state index contributed by atoms with van der Waals surface area (Å²) in [6, 6.07) is 19.9. The summed E-state index contributed by atoms with van der Waals surface area (Å²) < 4.78 is 37.3. The summed E-state index contributed by atoms with van der Waals surface area (Å²) in [5.41, 5.74) is 2.24. The number of hydrogen-bond donors (Lipinski definition) is 1. The van der Waals surface area contributed by atoms with E-state index in [9.17, 15) is 12.8 Å². The topological polar surface area (TPSA) is 73.1 Å². The Balaban J connectivity index is 1.79. The standard InChI is InChI=1S/C21H14ClFN2O2S3/c22-15-2-1-3-17(12-15)28-21-25-19(13-4-8-16(23)9-5-13)20(29-21)14-6-10-18(11-7-14)30(24,26)27/h1-12H,(H2,24,26,27). The van der Waals surface area contributed by atoms with Gasteiger partial charge in [-0.25, -0.2) is 22.9 Å². The molecule has 0 bridgehead atoms. The van der Waals surface area contributed by atoms with Crippen molar-refractivity contribution in [1.29, 1.82) is 0 Å². The second-order valence-corrected chi connectivity index (χ2v) is 10.6. The average molecular weight is 477 g/mol. The zero-order valence-corrected chi connectivity index (χ0v) is 18.5. The Morgan fingerprint density at radius 1 is 0.967 bits per heavy atom. The van der Waals surface area contributed by atoms with Crippen molar-refractivity contribution in [2.45, 2.75) is 14.1 Å². The van der Waals surface area contributed by atoms with Crippen LogP contribution in [0.4, 0.5) is 4.39 Å². The maximum atomic E-state index is 13.4. The van der Waals surface area contributed by atoms with Gasteiger partial charge in [-0.15, -0.1) is 11.3 Å². The third-order valence-corrected chi connectivity index (χ3v) is 7.49. The van der Waals surface area contributed by atoms with Crippen LogP contribution in [0.25, 0.3) is 21.7 Å². The molecule has 9 heteroatoms. The van der Waals surface area contributed by atoms with Crippen molar-refractivity contribution >= 4 is 44.7 Å². The lowest BCUT2D eigenvalue weighted by Crippen LogP contribution is -2.11. The Labute approximate surface area is 186 Å². The van der Waals surface area contributed by atoms with Gasteiger partial charge in [0.05, 0.1) is 15.5 Å². The largest absolute Gasteiger partial charge is 0.238 e. The maximum absolute atomic E-state index is 13.4. The molecule has 4 nitrogen and oxygen atoms in total. The highest BCUT2D eigenvalue weighted by Gasteiger charge is 2.17.